The number of benzene rings is 9. The van der Waals surface area contributed by atoms with Gasteiger partial charge in [0.1, 0.15) is 11.5 Å². The van der Waals surface area contributed by atoms with Crippen LogP contribution in [0.25, 0.3) is 38.3 Å². The Labute approximate surface area is 331 Å². The summed E-state index contributed by atoms with van der Waals surface area (Å²) in [7, 11) is 0. The second kappa shape index (κ2) is 12.5. The number of nitrogens with zero attached hydrogens (tertiary/aromatic N) is 3. The fourth-order valence-corrected chi connectivity index (χ4v) is 9.41. The van der Waals surface area contributed by atoms with Crippen LogP contribution in [0.2, 0.25) is 0 Å². The third-order valence-corrected chi connectivity index (χ3v) is 11.8. The molecule has 2 aliphatic heterocycles. The van der Waals surface area contributed by atoms with Gasteiger partial charge in [0.15, 0.2) is 0 Å². The van der Waals surface area contributed by atoms with E-state index in [1.54, 1.807) is 0 Å². The van der Waals surface area contributed by atoms with E-state index < -0.39 is 0 Å². The van der Waals surface area contributed by atoms with Crippen LogP contribution in [0.1, 0.15) is 0 Å². The molecule has 57 heavy (non-hydrogen) atoms. The molecule has 0 spiro atoms. The first-order valence-corrected chi connectivity index (χ1v) is 19.6. The van der Waals surface area contributed by atoms with Crippen molar-refractivity contribution in [1.29, 1.82) is 0 Å². The second-order valence-corrected chi connectivity index (χ2v) is 14.9. The van der Waals surface area contributed by atoms with E-state index >= 15 is 0 Å². The molecular formula is C52H34BN3O. The predicted molar refractivity (Wildman–Crippen MR) is 239 cm³/mol. The van der Waals surface area contributed by atoms with Crippen LogP contribution in [-0.4, -0.2) is 11.3 Å². The molecule has 2 aliphatic rings. The van der Waals surface area contributed by atoms with Crippen LogP contribution in [0.15, 0.2) is 206 Å². The molecule has 0 fully saturated rings. The molecule has 0 aliphatic carbocycles. The minimum Gasteiger partial charge on any atom is -0.458 e. The average molecular weight is 728 g/mol. The lowest BCUT2D eigenvalue weighted by Crippen LogP contribution is -2.59. The van der Waals surface area contributed by atoms with Crippen molar-refractivity contribution in [2.45, 2.75) is 0 Å². The van der Waals surface area contributed by atoms with Crippen LogP contribution in [-0.2, 0) is 0 Å². The van der Waals surface area contributed by atoms with Gasteiger partial charge in [-0.05, 0) is 118 Å². The van der Waals surface area contributed by atoms with Crippen LogP contribution in [0.3, 0.4) is 0 Å². The Hall–Kier alpha value is -7.50. The summed E-state index contributed by atoms with van der Waals surface area (Å²) < 4.78 is 9.48. The molecule has 1 aromatic heterocycles. The topological polar surface area (TPSA) is 20.6 Å². The summed E-state index contributed by atoms with van der Waals surface area (Å²) in [6.07, 6.45) is 0. The molecule has 12 rings (SSSR count). The summed E-state index contributed by atoms with van der Waals surface area (Å²) in [5.74, 6) is 1.80. The van der Waals surface area contributed by atoms with Gasteiger partial charge in [0.25, 0.3) is 6.71 Å². The SMILES string of the molecule is c1ccc(N(c2ccccc2)c2ccc3c4cc5c(cc4n(-c4ccccc4)c3c2)B2c3c(cccc3N(c3ccccc3)c3ccc4ccccc4c32)O5)cc1. The Kier molecular flexibility index (Phi) is 6.99. The number of aromatic nitrogens is 1. The monoisotopic (exact) mass is 727 g/mol. The van der Waals surface area contributed by atoms with Crippen molar-refractivity contribution in [2.24, 2.45) is 0 Å². The number of anilines is 6. The minimum absolute atomic E-state index is 0.0464. The first-order valence-electron chi connectivity index (χ1n) is 19.6. The summed E-state index contributed by atoms with van der Waals surface area (Å²) in [5.41, 5.74) is 13.8. The zero-order valence-electron chi connectivity index (χ0n) is 31.0. The van der Waals surface area contributed by atoms with Crippen LogP contribution in [0.5, 0.6) is 11.5 Å². The van der Waals surface area contributed by atoms with E-state index in [0.717, 1.165) is 62.0 Å². The fourth-order valence-electron chi connectivity index (χ4n) is 9.41. The smallest absolute Gasteiger partial charge is 0.257 e. The molecule has 0 amide bonds. The highest BCUT2D eigenvalue weighted by atomic mass is 16.5. The van der Waals surface area contributed by atoms with Crippen molar-refractivity contribution in [1.82, 2.24) is 4.57 Å². The summed E-state index contributed by atoms with van der Waals surface area (Å²) in [4.78, 5) is 4.75. The highest BCUT2D eigenvalue weighted by Crippen LogP contribution is 2.44. The van der Waals surface area contributed by atoms with Crippen molar-refractivity contribution in [3.05, 3.63) is 206 Å². The number of para-hydroxylation sites is 4. The van der Waals surface area contributed by atoms with E-state index in [1.807, 2.05) is 0 Å². The normalized spacial score (nSPS) is 12.6. The van der Waals surface area contributed by atoms with Crippen molar-refractivity contribution < 1.29 is 4.74 Å². The lowest BCUT2D eigenvalue weighted by molar-refractivity contribution is 0.488. The largest absolute Gasteiger partial charge is 0.458 e. The maximum atomic E-state index is 7.04. The zero-order valence-corrected chi connectivity index (χ0v) is 31.0. The number of ether oxygens (including phenoxy) is 1. The van der Waals surface area contributed by atoms with Crippen molar-refractivity contribution in [3.63, 3.8) is 0 Å². The molecular weight excluding hydrogens is 693 g/mol. The summed E-state index contributed by atoms with van der Waals surface area (Å²) in [6, 6.07) is 74.2. The van der Waals surface area contributed by atoms with Crippen LogP contribution >= 0.6 is 0 Å². The third kappa shape index (κ3) is 4.82. The minimum atomic E-state index is -0.0464. The predicted octanol–water partition coefficient (Wildman–Crippen LogP) is 11.8. The van der Waals surface area contributed by atoms with Gasteiger partial charge in [-0.1, -0.05) is 115 Å². The summed E-state index contributed by atoms with van der Waals surface area (Å²) >= 11 is 0. The van der Waals surface area contributed by atoms with Gasteiger partial charge in [0.2, 0.25) is 0 Å². The lowest BCUT2D eigenvalue weighted by atomic mass is 9.33. The maximum Gasteiger partial charge on any atom is 0.257 e. The zero-order chi connectivity index (χ0) is 37.5. The van der Waals surface area contributed by atoms with E-state index in [9.17, 15) is 0 Å². The standard InChI is InChI=1S/C52H34BN3O/c1-5-17-36(18-6-1)54(37-19-7-2-8-20-37)40-29-30-42-43-33-50-44(34-48(43)56(47(42)32-40)39-23-11-4-12-24-39)53-51-41-25-14-13-16-35(41)28-31-46(51)55(38-21-9-3-10-22-38)45-26-15-27-49(57-50)52(45)53/h1-34H. The molecule has 9 aromatic carbocycles. The summed E-state index contributed by atoms with van der Waals surface area (Å²) in [5, 5.41) is 4.81. The molecule has 10 aromatic rings. The van der Waals surface area contributed by atoms with Gasteiger partial charge in [0, 0.05) is 50.6 Å². The van der Waals surface area contributed by atoms with Gasteiger partial charge >= 0.3 is 0 Å². The number of rotatable bonds is 5. The molecule has 0 saturated heterocycles. The van der Waals surface area contributed by atoms with Gasteiger partial charge in [-0.25, -0.2) is 0 Å². The van der Waals surface area contributed by atoms with Gasteiger partial charge in [0.05, 0.1) is 11.0 Å². The van der Waals surface area contributed by atoms with Crippen LogP contribution < -0.4 is 30.9 Å². The van der Waals surface area contributed by atoms with Gasteiger partial charge in [-0.2, -0.15) is 0 Å². The number of hydrogen-bond acceptors (Lipinski definition) is 3. The van der Waals surface area contributed by atoms with E-state index in [2.05, 4.69) is 221 Å². The van der Waals surface area contributed by atoms with Crippen LogP contribution in [0, 0.1) is 0 Å². The quantitative estimate of drug-likeness (QED) is 0.165. The van der Waals surface area contributed by atoms with E-state index in [1.165, 1.54) is 38.2 Å². The maximum absolute atomic E-state index is 7.04. The highest BCUT2D eigenvalue weighted by molar-refractivity contribution is 7.00. The van der Waals surface area contributed by atoms with Crippen molar-refractivity contribution in [3.8, 4) is 17.2 Å². The molecule has 0 radical (unpaired) electrons. The summed E-state index contributed by atoms with van der Waals surface area (Å²) in [6.45, 7) is -0.0464. The molecule has 266 valence electrons. The van der Waals surface area contributed by atoms with Gasteiger partial charge in [-0.15, -0.1) is 0 Å². The number of fused-ring (bicyclic) bond motifs is 9. The Morgan fingerprint density at radius 1 is 0.404 bits per heavy atom. The molecule has 4 nitrogen and oxygen atoms in total. The Balaban J connectivity index is 1.14. The molecule has 0 unspecified atom stereocenters. The molecule has 5 heteroatoms. The second-order valence-electron chi connectivity index (χ2n) is 14.9. The van der Waals surface area contributed by atoms with Crippen molar-refractivity contribution in [2.75, 3.05) is 9.80 Å². The van der Waals surface area contributed by atoms with Crippen molar-refractivity contribution >= 4 is 89.8 Å². The molecule has 0 bridgehead atoms. The molecule has 0 N–H and O–H groups in total. The first-order chi connectivity index (χ1) is 28.3. The van der Waals surface area contributed by atoms with Gasteiger partial charge < -0.3 is 19.1 Å². The Morgan fingerprint density at radius 2 is 1.04 bits per heavy atom. The molecule has 3 heterocycles. The fraction of sp³-hybridized carbons (Fsp3) is 0. The van der Waals surface area contributed by atoms with Gasteiger partial charge in [-0.3, -0.25) is 0 Å². The van der Waals surface area contributed by atoms with E-state index in [0.29, 0.717) is 0 Å². The van der Waals surface area contributed by atoms with E-state index in [4.69, 9.17) is 4.74 Å². The van der Waals surface area contributed by atoms with Crippen LogP contribution in [0.4, 0.5) is 34.1 Å². The molecule has 0 saturated carbocycles. The lowest BCUT2D eigenvalue weighted by Gasteiger charge is -2.40. The Bertz CT molecular complexity index is 3130. The first kappa shape index (κ1) is 31.8. The molecule has 0 atom stereocenters. The Morgan fingerprint density at radius 3 is 1.77 bits per heavy atom. The average Bonchev–Trinajstić information content (AvgIpc) is 3.59. The third-order valence-electron chi connectivity index (χ3n) is 11.8. The number of hydrogen-bond donors (Lipinski definition) is 0. The van der Waals surface area contributed by atoms with E-state index in [-0.39, 0.29) is 6.71 Å². The highest BCUT2D eigenvalue weighted by Gasteiger charge is 2.43.